The lowest BCUT2D eigenvalue weighted by Gasteiger charge is -2.09. The predicted molar refractivity (Wildman–Crippen MR) is 69.8 cm³/mol. The highest BCUT2D eigenvalue weighted by Gasteiger charge is 2.30. The van der Waals surface area contributed by atoms with E-state index in [2.05, 4.69) is 4.98 Å². The zero-order valence-corrected chi connectivity index (χ0v) is 11.1. The molecule has 2 aromatic rings. The largest absolute Gasteiger partial charge is 0.416 e. The molecule has 0 radical (unpaired) electrons. The number of ketones is 1. The number of carbonyl (C=O) groups is 1. The maximum Gasteiger partial charge on any atom is 0.416 e. The first kappa shape index (κ1) is 14.4. The third-order valence-corrected chi connectivity index (χ3v) is 3.16. The summed E-state index contributed by atoms with van der Waals surface area (Å²) in [6.45, 7) is 3.22. The minimum absolute atomic E-state index is 0.0919. The zero-order valence-electron chi connectivity index (χ0n) is 11.1. The molecule has 2 nitrogen and oxygen atoms in total. The van der Waals surface area contributed by atoms with Crippen LogP contribution in [0.2, 0.25) is 0 Å². The second-order valence-corrected chi connectivity index (χ2v) is 4.75. The molecule has 0 atom stereocenters. The third kappa shape index (κ3) is 2.92. The topological polar surface area (TPSA) is 32.9 Å². The first-order valence-corrected chi connectivity index (χ1v) is 6.13. The Bertz CT molecular complexity index is 641. The average Bonchev–Trinajstić information content (AvgIpc) is 2.69. The number of hydrogen-bond donors (Lipinski definition) is 1. The molecular formula is C15H14F3NO. The van der Waals surface area contributed by atoms with Crippen molar-refractivity contribution in [3.63, 3.8) is 0 Å². The molecule has 0 saturated heterocycles. The molecular weight excluding hydrogens is 267 g/mol. The normalized spacial score (nSPS) is 11.7. The number of Topliss-reactive ketones (excluding diaryl/α,β-unsaturated/α-hetero) is 1. The molecule has 1 aromatic carbocycles. The zero-order chi connectivity index (χ0) is 14.9. The molecule has 0 aliphatic heterocycles. The summed E-state index contributed by atoms with van der Waals surface area (Å²) < 4.78 is 38.0. The molecule has 0 amide bonds. The van der Waals surface area contributed by atoms with Gasteiger partial charge in [0.15, 0.2) is 5.78 Å². The van der Waals surface area contributed by atoms with Gasteiger partial charge >= 0.3 is 6.18 Å². The quantitative estimate of drug-likeness (QED) is 0.843. The standard InChI is InChI=1S/C15H14F3NO/c1-9-14(10(2)20)12(8-19-9)6-11-4-3-5-13(7-11)15(16,17)18/h3-5,7-8,19H,6H2,1-2H3. The first-order valence-electron chi connectivity index (χ1n) is 6.13. The number of alkyl halides is 3. The van der Waals surface area contributed by atoms with Crippen molar-refractivity contribution in [3.8, 4) is 0 Å². The minimum atomic E-state index is -4.35. The summed E-state index contributed by atoms with van der Waals surface area (Å²) in [5.41, 5.74) is 1.86. The van der Waals surface area contributed by atoms with Crippen LogP contribution in [0.3, 0.4) is 0 Å². The molecule has 1 N–H and O–H groups in total. The number of aromatic nitrogens is 1. The van der Waals surface area contributed by atoms with Crippen molar-refractivity contribution in [2.24, 2.45) is 0 Å². The van der Waals surface area contributed by atoms with Crippen LogP contribution >= 0.6 is 0 Å². The number of nitrogens with one attached hydrogen (secondary N) is 1. The molecule has 1 heterocycles. The number of aromatic amines is 1. The molecule has 0 aliphatic rings. The third-order valence-electron chi connectivity index (χ3n) is 3.16. The van der Waals surface area contributed by atoms with Crippen LogP contribution in [0.15, 0.2) is 30.5 Å². The number of H-pyrrole nitrogens is 1. The van der Waals surface area contributed by atoms with Crippen LogP contribution in [0, 0.1) is 6.92 Å². The lowest BCUT2D eigenvalue weighted by molar-refractivity contribution is -0.137. The van der Waals surface area contributed by atoms with E-state index < -0.39 is 11.7 Å². The second kappa shape index (κ2) is 5.15. The Balaban J connectivity index is 2.34. The van der Waals surface area contributed by atoms with Gasteiger partial charge in [-0.15, -0.1) is 0 Å². The molecule has 2 rings (SSSR count). The van der Waals surface area contributed by atoms with Crippen molar-refractivity contribution in [3.05, 3.63) is 58.4 Å². The number of carbonyl (C=O) groups excluding carboxylic acids is 1. The Morgan fingerprint density at radius 1 is 1.30 bits per heavy atom. The van der Waals surface area contributed by atoms with Crippen molar-refractivity contribution < 1.29 is 18.0 Å². The fourth-order valence-electron chi connectivity index (χ4n) is 2.29. The Hall–Kier alpha value is -2.04. The number of rotatable bonds is 3. The van der Waals surface area contributed by atoms with Crippen molar-refractivity contribution >= 4 is 5.78 Å². The highest BCUT2D eigenvalue weighted by molar-refractivity contribution is 5.96. The summed E-state index contributed by atoms with van der Waals surface area (Å²) in [5, 5.41) is 0. The first-order chi connectivity index (χ1) is 9.29. The summed E-state index contributed by atoms with van der Waals surface area (Å²) in [5.74, 6) is -0.0919. The Morgan fingerprint density at radius 3 is 2.60 bits per heavy atom. The monoisotopic (exact) mass is 281 g/mol. The number of benzene rings is 1. The number of hydrogen-bond acceptors (Lipinski definition) is 1. The smallest absolute Gasteiger partial charge is 0.364 e. The van der Waals surface area contributed by atoms with Crippen molar-refractivity contribution in [1.82, 2.24) is 4.98 Å². The average molecular weight is 281 g/mol. The van der Waals surface area contributed by atoms with Gasteiger partial charge in [0.25, 0.3) is 0 Å². The van der Waals surface area contributed by atoms with Crippen LogP contribution in [0.5, 0.6) is 0 Å². The fourth-order valence-corrected chi connectivity index (χ4v) is 2.29. The van der Waals surface area contributed by atoms with Gasteiger partial charge in [-0.3, -0.25) is 4.79 Å². The maximum absolute atomic E-state index is 12.7. The van der Waals surface area contributed by atoms with E-state index in [1.807, 2.05) is 0 Å². The van der Waals surface area contributed by atoms with E-state index in [0.29, 0.717) is 23.1 Å². The maximum atomic E-state index is 12.7. The van der Waals surface area contributed by atoms with Crippen molar-refractivity contribution in [1.29, 1.82) is 0 Å². The van der Waals surface area contributed by atoms with Crippen molar-refractivity contribution in [2.75, 3.05) is 0 Å². The van der Waals surface area contributed by atoms with Crippen LogP contribution in [-0.2, 0) is 12.6 Å². The van der Waals surface area contributed by atoms with Gasteiger partial charge < -0.3 is 4.98 Å². The van der Waals surface area contributed by atoms with Crippen LogP contribution < -0.4 is 0 Å². The predicted octanol–water partition coefficient (Wildman–Crippen LogP) is 4.14. The van der Waals surface area contributed by atoms with Crippen LogP contribution in [0.4, 0.5) is 13.2 Å². The lowest BCUT2D eigenvalue weighted by atomic mass is 9.99. The van der Waals surface area contributed by atoms with E-state index in [4.69, 9.17) is 0 Å². The van der Waals surface area contributed by atoms with Crippen LogP contribution in [-0.4, -0.2) is 10.8 Å². The van der Waals surface area contributed by atoms with E-state index in [1.54, 1.807) is 19.2 Å². The van der Waals surface area contributed by atoms with E-state index >= 15 is 0 Å². The summed E-state index contributed by atoms with van der Waals surface area (Å²) in [4.78, 5) is 14.5. The molecule has 1 aromatic heterocycles. The summed E-state index contributed by atoms with van der Waals surface area (Å²) in [6, 6.07) is 5.16. The van der Waals surface area contributed by atoms with Crippen LogP contribution in [0.25, 0.3) is 0 Å². The molecule has 0 saturated carbocycles. The molecule has 0 aliphatic carbocycles. The van der Waals surface area contributed by atoms with E-state index in [0.717, 1.165) is 17.8 Å². The van der Waals surface area contributed by atoms with Crippen molar-refractivity contribution in [2.45, 2.75) is 26.4 Å². The number of aryl methyl sites for hydroxylation is 1. The fraction of sp³-hybridized carbons (Fsp3) is 0.267. The van der Waals surface area contributed by atoms with Gasteiger partial charge in [-0.05, 0) is 37.5 Å². The molecule has 0 unspecified atom stereocenters. The SMILES string of the molecule is CC(=O)c1c(Cc2cccc(C(F)(F)F)c2)c[nH]c1C. The highest BCUT2D eigenvalue weighted by Crippen LogP contribution is 2.30. The molecule has 0 fully saturated rings. The van der Waals surface area contributed by atoms with E-state index in [9.17, 15) is 18.0 Å². The van der Waals surface area contributed by atoms with Gasteiger partial charge in [0.1, 0.15) is 0 Å². The van der Waals surface area contributed by atoms with Gasteiger partial charge in [0.2, 0.25) is 0 Å². The summed E-state index contributed by atoms with van der Waals surface area (Å²) in [7, 11) is 0. The Labute approximate surface area is 114 Å². The molecule has 0 bridgehead atoms. The highest BCUT2D eigenvalue weighted by atomic mass is 19.4. The van der Waals surface area contributed by atoms with Gasteiger partial charge in [0, 0.05) is 17.5 Å². The molecule has 0 spiro atoms. The molecule has 5 heteroatoms. The van der Waals surface area contributed by atoms with E-state index in [1.165, 1.54) is 13.0 Å². The number of halogens is 3. The Kier molecular flexibility index (Phi) is 3.70. The van der Waals surface area contributed by atoms with Gasteiger partial charge in [-0.2, -0.15) is 13.2 Å². The lowest BCUT2D eigenvalue weighted by Crippen LogP contribution is -2.05. The Morgan fingerprint density at radius 2 is 2.00 bits per heavy atom. The second-order valence-electron chi connectivity index (χ2n) is 4.75. The summed E-state index contributed by atoms with van der Waals surface area (Å²) in [6.07, 6.45) is -2.39. The van der Waals surface area contributed by atoms with Crippen LogP contribution in [0.1, 0.15) is 39.7 Å². The minimum Gasteiger partial charge on any atom is -0.364 e. The summed E-state index contributed by atoms with van der Waals surface area (Å²) >= 11 is 0. The molecule has 20 heavy (non-hydrogen) atoms. The van der Waals surface area contributed by atoms with Gasteiger partial charge in [-0.25, -0.2) is 0 Å². The van der Waals surface area contributed by atoms with Gasteiger partial charge in [0.05, 0.1) is 5.56 Å². The van der Waals surface area contributed by atoms with Gasteiger partial charge in [-0.1, -0.05) is 18.2 Å². The van der Waals surface area contributed by atoms with E-state index in [-0.39, 0.29) is 5.78 Å². The molecule has 106 valence electrons.